The molecule has 8 heteroatoms. The smallest absolute Gasteiger partial charge is 0.261 e. The Morgan fingerprint density at radius 1 is 1.18 bits per heavy atom. The minimum absolute atomic E-state index is 0.196. The van der Waals surface area contributed by atoms with E-state index in [2.05, 4.69) is 23.6 Å². The second-order valence-electron chi connectivity index (χ2n) is 7.29. The van der Waals surface area contributed by atoms with Crippen LogP contribution < -0.4 is 0 Å². The topological polar surface area (TPSA) is 75.4 Å². The predicted octanol–water partition coefficient (Wildman–Crippen LogP) is 3.76. The Morgan fingerprint density at radius 2 is 1.82 bits per heavy atom. The summed E-state index contributed by atoms with van der Waals surface area (Å²) >= 11 is 0. The number of hydrogen-bond acceptors (Lipinski definition) is 4. The predicted molar refractivity (Wildman–Crippen MR) is 109 cm³/mol. The van der Waals surface area contributed by atoms with Crippen LogP contribution in [0.1, 0.15) is 43.9 Å². The van der Waals surface area contributed by atoms with Gasteiger partial charge in [0.1, 0.15) is 5.82 Å². The van der Waals surface area contributed by atoms with Gasteiger partial charge in [0, 0.05) is 42.9 Å². The highest BCUT2D eigenvalue weighted by molar-refractivity contribution is 7.85. The second-order valence-corrected chi connectivity index (χ2v) is 8.75. The maximum absolute atomic E-state index is 13.2. The standard InChI is InChI=1S/C19H26FN3.CH4O3S/c1-3-4-5-6-12-23-18-11-13-22(2)14-17(18)19(21-23)15-7-9-16(20)10-8-15;1-5(2,3)4/h7-10H,3-6,11-14H2,1-2H3;1H3,(H,2,3,4). The monoisotopic (exact) mass is 411 g/mol. The van der Waals surface area contributed by atoms with E-state index in [0.717, 1.165) is 37.3 Å². The number of hydrogen-bond donors (Lipinski definition) is 1. The number of aromatic nitrogens is 2. The summed E-state index contributed by atoms with van der Waals surface area (Å²) in [7, 11) is -1.52. The lowest BCUT2D eigenvalue weighted by atomic mass is 10.0. The molecule has 0 fully saturated rings. The molecule has 0 saturated heterocycles. The van der Waals surface area contributed by atoms with E-state index in [4.69, 9.17) is 9.65 Å². The van der Waals surface area contributed by atoms with E-state index < -0.39 is 10.1 Å². The van der Waals surface area contributed by atoms with Crippen molar-refractivity contribution in [1.29, 1.82) is 0 Å². The van der Waals surface area contributed by atoms with Gasteiger partial charge in [-0.1, -0.05) is 26.2 Å². The molecular formula is C20H30FN3O3S. The van der Waals surface area contributed by atoms with Gasteiger partial charge < -0.3 is 4.90 Å². The second kappa shape index (κ2) is 10.1. The summed E-state index contributed by atoms with van der Waals surface area (Å²) in [6.07, 6.45) is 6.75. The van der Waals surface area contributed by atoms with E-state index >= 15 is 0 Å². The van der Waals surface area contributed by atoms with Gasteiger partial charge >= 0.3 is 0 Å². The first kappa shape index (κ1) is 22.5. The minimum Gasteiger partial charge on any atom is -0.302 e. The molecule has 156 valence electrons. The maximum atomic E-state index is 13.2. The SMILES string of the molecule is CCCCCCn1nc(-c2ccc(F)cc2)c2c1CCN(C)C2.CS(=O)(=O)O. The highest BCUT2D eigenvalue weighted by Crippen LogP contribution is 2.30. The molecule has 0 saturated carbocycles. The van der Waals surface area contributed by atoms with E-state index in [1.165, 1.54) is 49.1 Å². The zero-order valence-corrected chi connectivity index (χ0v) is 17.7. The lowest BCUT2D eigenvalue weighted by molar-refractivity contribution is 0.307. The van der Waals surface area contributed by atoms with E-state index in [-0.39, 0.29) is 5.82 Å². The Balaban J connectivity index is 0.000000500. The van der Waals surface area contributed by atoms with E-state index in [0.29, 0.717) is 6.26 Å². The third-order valence-electron chi connectivity index (χ3n) is 4.67. The van der Waals surface area contributed by atoms with Crippen LogP contribution in [-0.2, 0) is 29.6 Å². The van der Waals surface area contributed by atoms with Crippen molar-refractivity contribution in [2.75, 3.05) is 19.8 Å². The Hall–Kier alpha value is -1.77. The highest BCUT2D eigenvalue weighted by Gasteiger charge is 2.23. The minimum atomic E-state index is -3.67. The van der Waals surface area contributed by atoms with Gasteiger partial charge in [0.15, 0.2) is 0 Å². The van der Waals surface area contributed by atoms with Crippen LogP contribution >= 0.6 is 0 Å². The van der Waals surface area contributed by atoms with Crippen molar-refractivity contribution in [1.82, 2.24) is 14.7 Å². The van der Waals surface area contributed by atoms with Crippen molar-refractivity contribution in [2.45, 2.75) is 52.1 Å². The van der Waals surface area contributed by atoms with Crippen molar-refractivity contribution in [3.8, 4) is 11.3 Å². The summed E-state index contributed by atoms with van der Waals surface area (Å²) in [5, 5.41) is 4.89. The molecule has 3 rings (SSSR count). The van der Waals surface area contributed by atoms with Crippen molar-refractivity contribution >= 4 is 10.1 Å². The molecule has 0 radical (unpaired) electrons. The Bertz CT molecular complexity index is 856. The van der Waals surface area contributed by atoms with Crippen molar-refractivity contribution < 1.29 is 17.4 Å². The molecule has 1 N–H and O–H groups in total. The van der Waals surface area contributed by atoms with Crippen LogP contribution in [-0.4, -0.2) is 47.5 Å². The quantitative estimate of drug-likeness (QED) is 0.579. The first-order valence-corrected chi connectivity index (χ1v) is 11.5. The van der Waals surface area contributed by atoms with Crippen LogP contribution in [0, 0.1) is 5.82 Å². The first-order chi connectivity index (χ1) is 13.2. The molecule has 2 heterocycles. The maximum Gasteiger partial charge on any atom is 0.261 e. The lowest BCUT2D eigenvalue weighted by Gasteiger charge is -2.23. The molecule has 1 aliphatic rings. The van der Waals surface area contributed by atoms with E-state index in [1.54, 1.807) is 0 Å². The molecule has 1 aromatic heterocycles. The molecule has 1 aliphatic heterocycles. The molecule has 0 spiro atoms. The van der Waals surface area contributed by atoms with Crippen LogP contribution in [0.2, 0.25) is 0 Å². The van der Waals surface area contributed by atoms with Gasteiger partial charge in [-0.25, -0.2) is 4.39 Å². The molecule has 0 aliphatic carbocycles. The van der Waals surface area contributed by atoms with Crippen molar-refractivity contribution in [3.63, 3.8) is 0 Å². The summed E-state index contributed by atoms with van der Waals surface area (Å²) in [6.45, 7) is 5.24. The van der Waals surface area contributed by atoms with Crippen LogP contribution in [0.25, 0.3) is 11.3 Å². The Kier molecular flexibility index (Phi) is 8.15. The third kappa shape index (κ3) is 7.00. The van der Waals surface area contributed by atoms with Gasteiger partial charge in [-0.05, 0) is 37.7 Å². The Morgan fingerprint density at radius 3 is 2.43 bits per heavy atom. The van der Waals surface area contributed by atoms with Crippen molar-refractivity contribution in [2.24, 2.45) is 0 Å². The average Bonchev–Trinajstić information content (AvgIpc) is 2.96. The number of halogens is 1. The van der Waals surface area contributed by atoms with Crippen LogP contribution in [0.15, 0.2) is 24.3 Å². The lowest BCUT2D eigenvalue weighted by Crippen LogP contribution is -2.27. The van der Waals surface area contributed by atoms with Crippen LogP contribution in [0.3, 0.4) is 0 Å². The number of likely N-dealkylation sites (N-methyl/N-ethyl adjacent to an activating group) is 1. The summed E-state index contributed by atoms with van der Waals surface area (Å²) in [5.41, 5.74) is 4.74. The largest absolute Gasteiger partial charge is 0.302 e. The summed E-state index contributed by atoms with van der Waals surface area (Å²) in [4.78, 5) is 2.33. The molecule has 2 aromatic rings. The molecule has 0 bridgehead atoms. The fourth-order valence-corrected chi connectivity index (χ4v) is 3.34. The fourth-order valence-electron chi connectivity index (χ4n) is 3.34. The summed E-state index contributed by atoms with van der Waals surface area (Å²) in [5.74, 6) is -0.196. The van der Waals surface area contributed by atoms with Gasteiger partial charge in [-0.3, -0.25) is 9.23 Å². The highest BCUT2D eigenvalue weighted by atomic mass is 32.2. The number of rotatable bonds is 6. The summed E-state index contributed by atoms with van der Waals surface area (Å²) in [6, 6.07) is 6.73. The molecule has 28 heavy (non-hydrogen) atoms. The normalized spacial score (nSPS) is 14.3. The van der Waals surface area contributed by atoms with Crippen LogP contribution in [0.5, 0.6) is 0 Å². The zero-order chi connectivity index (χ0) is 20.7. The van der Waals surface area contributed by atoms with Gasteiger partial charge in [0.05, 0.1) is 11.9 Å². The van der Waals surface area contributed by atoms with Gasteiger partial charge in [-0.15, -0.1) is 0 Å². The molecule has 0 unspecified atom stereocenters. The molecular weight excluding hydrogens is 381 g/mol. The number of nitrogens with zero attached hydrogens (tertiary/aromatic N) is 3. The number of aryl methyl sites for hydroxylation is 1. The van der Waals surface area contributed by atoms with Crippen LogP contribution in [0.4, 0.5) is 4.39 Å². The average molecular weight is 412 g/mol. The van der Waals surface area contributed by atoms with Gasteiger partial charge in [-0.2, -0.15) is 13.5 Å². The molecule has 6 nitrogen and oxygen atoms in total. The zero-order valence-electron chi connectivity index (χ0n) is 16.9. The molecule has 0 atom stereocenters. The summed E-state index contributed by atoms with van der Waals surface area (Å²) < 4.78 is 41.3. The molecule has 0 amide bonds. The first-order valence-electron chi connectivity index (χ1n) is 9.64. The fraction of sp³-hybridized carbons (Fsp3) is 0.550. The van der Waals surface area contributed by atoms with Gasteiger partial charge in [0.2, 0.25) is 0 Å². The third-order valence-corrected chi connectivity index (χ3v) is 4.67. The van der Waals surface area contributed by atoms with Crippen molar-refractivity contribution in [3.05, 3.63) is 41.3 Å². The molecule has 1 aromatic carbocycles. The number of fused-ring (bicyclic) bond motifs is 1. The Labute approximate surface area is 167 Å². The number of benzene rings is 1. The number of unbranched alkanes of at least 4 members (excludes halogenated alkanes) is 3. The van der Waals surface area contributed by atoms with Gasteiger partial charge in [0.25, 0.3) is 10.1 Å². The van der Waals surface area contributed by atoms with E-state index in [9.17, 15) is 12.8 Å². The van der Waals surface area contributed by atoms with E-state index in [1.807, 2.05) is 12.1 Å².